The number of nitrogens with one attached hydrogen (secondary N) is 2. The predicted molar refractivity (Wildman–Crippen MR) is 50.7 cm³/mol. The first-order valence-electron chi connectivity index (χ1n) is 4.20. The van der Waals surface area contributed by atoms with Crippen LogP contribution in [-0.2, 0) is 4.79 Å². The summed E-state index contributed by atoms with van der Waals surface area (Å²) in [5.74, 6) is -1.34. The molecule has 1 aromatic carbocycles. The van der Waals surface area contributed by atoms with Crippen LogP contribution in [0.25, 0.3) is 11.0 Å². The molecule has 0 spiro atoms. The maximum absolute atomic E-state index is 11.9. The number of imidazole rings is 1. The topological polar surface area (TPSA) is 57.8 Å². The Morgan fingerprint density at radius 1 is 1.40 bits per heavy atom. The number of carbonyl (C=O) groups excluding carboxylic acids is 1. The van der Waals surface area contributed by atoms with Gasteiger partial charge in [-0.25, -0.2) is 4.98 Å². The lowest BCUT2D eigenvalue weighted by Gasteiger charge is -1.98. The van der Waals surface area contributed by atoms with Gasteiger partial charge in [0.15, 0.2) is 0 Å². The van der Waals surface area contributed by atoms with Crippen molar-refractivity contribution in [3.8, 4) is 0 Å². The van der Waals surface area contributed by atoms with E-state index in [0.717, 1.165) is 0 Å². The van der Waals surface area contributed by atoms with Gasteiger partial charge >= 0.3 is 6.43 Å². The third-order valence-electron chi connectivity index (χ3n) is 1.83. The fraction of sp³-hybridized carbons (Fsp3) is 0.111. The van der Waals surface area contributed by atoms with Crippen LogP contribution < -0.4 is 5.32 Å². The Kier molecular flexibility index (Phi) is 2.32. The molecule has 0 saturated heterocycles. The monoisotopic (exact) mass is 211 g/mol. The van der Waals surface area contributed by atoms with Gasteiger partial charge in [-0.1, -0.05) is 12.1 Å². The second-order valence-electron chi connectivity index (χ2n) is 2.89. The van der Waals surface area contributed by atoms with E-state index in [0.29, 0.717) is 11.0 Å². The Hall–Kier alpha value is -1.98. The van der Waals surface area contributed by atoms with Gasteiger partial charge in [-0.15, -0.1) is 0 Å². The summed E-state index contributed by atoms with van der Waals surface area (Å²) in [6.07, 6.45) is -3.04. The fourth-order valence-electron chi connectivity index (χ4n) is 1.18. The highest BCUT2D eigenvalue weighted by Crippen LogP contribution is 2.13. The summed E-state index contributed by atoms with van der Waals surface area (Å²) in [5, 5.41) is 1.98. The maximum atomic E-state index is 11.9. The van der Waals surface area contributed by atoms with Crippen LogP contribution >= 0.6 is 0 Å². The molecule has 1 amide bonds. The van der Waals surface area contributed by atoms with Crippen molar-refractivity contribution in [2.24, 2.45) is 0 Å². The van der Waals surface area contributed by atoms with Gasteiger partial charge in [0.25, 0.3) is 5.91 Å². The smallest absolute Gasteiger partial charge is 0.315 e. The molecule has 0 fully saturated rings. The molecule has 0 bridgehead atoms. The maximum Gasteiger partial charge on any atom is 0.315 e. The molecule has 0 saturated carbocycles. The Morgan fingerprint density at radius 2 is 2.13 bits per heavy atom. The highest BCUT2D eigenvalue weighted by atomic mass is 19.3. The molecule has 1 aromatic heterocycles. The van der Waals surface area contributed by atoms with E-state index in [2.05, 4.69) is 9.97 Å². The van der Waals surface area contributed by atoms with Gasteiger partial charge in [0, 0.05) is 0 Å². The normalized spacial score (nSPS) is 10.9. The average molecular weight is 211 g/mol. The highest BCUT2D eigenvalue weighted by molar-refractivity contribution is 5.93. The van der Waals surface area contributed by atoms with Gasteiger partial charge < -0.3 is 4.98 Å². The zero-order valence-corrected chi connectivity index (χ0v) is 7.50. The van der Waals surface area contributed by atoms with E-state index in [1.54, 1.807) is 24.3 Å². The summed E-state index contributed by atoms with van der Waals surface area (Å²) in [5.41, 5.74) is 1.30. The number of nitrogens with zero attached hydrogens (tertiary/aromatic N) is 1. The molecule has 15 heavy (non-hydrogen) atoms. The molecule has 4 nitrogen and oxygen atoms in total. The number of para-hydroxylation sites is 2. The number of amides is 1. The molecule has 2 N–H and O–H groups in total. The predicted octanol–water partition coefficient (Wildman–Crippen LogP) is 1.77. The summed E-state index contributed by atoms with van der Waals surface area (Å²) in [6.45, 7) is 0. The van der Waals surface area contributed by atoms with Gasteiger partial charge in [-0.05, 0) is 12.1 Å². The first-order chi connectivity index (χ1) is 7.16. The van der Waals surface area contributed by atoms with Crippen LogP contribution in [0.1, 0.15) is 0 Å². The first kappa shape index (κ1) is 9.57. The van der Waals surface area contributed by atoms with Crippen molar-refractivity contribution in [1.82, 2.24) is 9.97 Å². The van der Waals surface area contributed by atoms with E-state index < -0.39 is 12.3 Å². The Labute approximate surface area is 83.3 Å². The van der Waals surface area contributed by atoms with E-state index in [-0.39, 0.29) is 5.95 Å². The molecule has 2 aromatic rings. The molecule has 2 rings (SSSR count). The highest BCUT2D eigenvalue weighted by Gasteiger charge is 2.16. The molecular weight excluding hydrogens is 204 g/mol. The molecule has 0 atom stereocenters. The Morgan fingerprint density at radius 3 is 2.80 bits per heavy atom. The number of anilines is 1. The minimum absolute atomic E-state index is 0.0292. The number of halogens is 2. The van der Waals surface area contributed by atoms with Crippen LogP contribution in [0, 0.1) is 0 Å². The molecule has 0 aliphatic carbocycles. The Balaban J connectivity index is 2.26. The van der Waals surface area contributed by atoms with Crippen LogP contribution in [0.2, 0.25) is 0 Å². The van der Waals surface area contributed by atoms with E-state index in [1.807, 2.05) is 5.32 Å². The van der Waals surface area contributed by atoms with E-state index in [4.69, 9.17) is 0 Å². The van der Waals surface area contributed by atoms with Crippen molar-refractivity contribution in [3.63, 3.8) is 0 Å². The lowest BCUT2D eigenvalue weighted by molar-refractivity contribution is -0.126. The van der Waals surface area contributed by atoms with Crippen molar-refractivity contribution >= 4 is 22.9 Å². The van der Waals surface area contributed by atoms with Crippen molar-refractivity contribution in [2.75, 3.05) is 5.32 Å². The lowest BCUT2D eigenvalue weighted by Crippen LogP contribution is -2.20. The SMILES string of the molecule is O=C(Nc1nc2ccccc2[nH]1)C(F)F. The summed E-state index contributed by atoms with van der Waals surface area (Å²) >= 11 is 0. The number of alkyl halides is 2. The van der Waals surface area contributed by atoms with E-state index in [1.165, 1.54) is 0 Å². The number of aromatic amines is 1. The van der Waals surface area contributed by atoms with Gasteiger partial charge in [0.05, 0.1) is 11.0 Å². The summed E-state index contributed by atoms with van der Waals surface area (Å²) in [6, 6.07) is 6.99. The molecule has 0 radical (unpaired) electrons. The first-order valence-corrected chi connectivity index (χ1v) is 4.20. The number of hydrogen-bond donors (Lipinski definition) is 2. The summed E-state index contributed by atoms with van der Waals surface area (Å²) < 4.78 is 23.8. The van der Waals surface area contributed by atoms with Crippen molar-refractivity contribution in [2.45, 2.75) is 6.43 Å². The number of hydrogen-bond acceptors (Lipinski definition) is 2. The van der Waals surface area contributed by atoms with Gasteiger partial charge in [0.2, 0.25) is 5.95 Å². The molecule has 0 unspecified atom stereocenters. The zero-order chi connectivity index (χ0) is 10.8. The standard InChI is InChI=1S/C9H7F2N3O/c10-7(11)8(15)14-9-12-5-3-1-2-4-6(5)13-9/h1-4,7H,(H2,12,13,14,15). The number of aromatic nitrogens is 2. The molecule has 0 aliphatic heterocycles. The number of benzene rings is 1. The number of rotatable bonds is 2. The van der Waals surface area contributed by atoms with Crippen LogP contribution in [0.3, 0.4) is 0 Å². The van der Waals surface area contributed by atoms with Crippen LogP contribution in [-0.4, -0.2) is 22.3 Å². The van der Waals surface area contributed by atoms with E-state index in [9.17, 15) is 13.6 Å². The molecular formula is C9H7F2N3O. The van der Waals surface area contributed by atoms with E-state index >= 15 is 0 Å². The summed E-state index contributed by atoms with van der Waals surface area (Å²) in [7, 11) is 0. The Bertz CT molecular complexity index is 462. The van der Waals surface area contributed by atoms with Gasteiger partial charge in [-0.3, -0.25) is 10.1 Å². The van der Waals surface area contributed by atoms with Gasteiger partial charge in [-0.2, -0.15) is 8.78 Å². The molecule has 6 heteroatoms. The lowest BCUT2D eigenvalue weighted by atomic mass is 10.3. The second-order valence-corrected chi connectivity index (χ2v) is 2.89. The number of H-pyrrole nitrogens is 1. The van der Waals surface area contributed by atoms with Gasteiger partial charge in [0.1, 0.15) is 0 Å². The molecule has 78 valence electrons. The number of carbonyl (C=O) groups is 1. The average Bonchev–Trinajstić information content (AvgIpc) is 2.59. The molecule has 0 aliphatic rings. The van der Waals surface area contributed by atoms with Crippen molar-refractivity contribution in [3.05, 3.63) is 24.3 Å². The second kappa shape index (κ2) is 3.64. The van der Waals surface area contributed by atoms with Crippen molar-refractivity contribution < 1.29 is 13.6 Å². The van der Waals surface area contributed by atoms with Crippen molar-refractivity contribution in [1.29, 1.82) is 0 Å². The quantitative estimate of drug-likeness (QED) is 0.795. The third kappa shape index (κ3) is 1.93. The zero-order valence-electron chi connectivity index (χ0n) is 7.50. The molecule has 1 heterocycles. The van der Waals surface area contributed by atoms with Crippen LogP contribution in [0.5, 0.6) is 0 Å². The minimum Gasteiger partial charge on any atom is -0.324 e. The van der Waals surface area contributed by atoms with Crippen LogP contribution in [0.4, 0.5) is 14.7 Å². The summed E-state index contributed by atoms with van der Waals surface area (Å²) in [4.78, 5) is 17.3. The third-order valence-corrected chi connectivity index (χ3v) is 1.83. The largest absolute Gasteiger partial charge is 0.324 e. The fourth-order valence-corrected chi connectivity index (χ4v) is 1.18. The number of fused-ring (bicyclic) bond motifs is 1. The minimum atomic E-state index is -3.04. The van der Waals surface area contributed by atoms with Crippen LogP contribution in [0.15, 0.2) is 24.3 Å².